The van der Waals surface area contributed by atoms with Crippen LogP contribution in [-0.2, 0) is 6.54 Å². The molecule has 1 amide bonds. The van der Waals surface area contributed by atoms with E-state index >= 15 is 0 Å². The number of amides is 1. The van der Waals surface area contributed by atoms with Crippen molar-refractivity contribution in [1.29, 1.82) is 0 Å². The number of nitrogens with zero attached hydrogens (tertiary/aromatic N) is 1. The normalized spacial score (nSPS) is 11.5. The molecule has 0 aliphatic heterocycles. The zero-order valence-corrected chi connectivity index (χ0v) is 15.7. The highest BCUT2D eigenvalue weighted by Gasteiger charge is 2.28. The zero-order valence-electron chi connectivity index (χ0n) is 15.7. The Hall–Kier alpha value is -2.88. The van der Waals surface area contributed by atoms with Crippen molar-refractivity contribution in [3.8, 4) is 0 Å². The summed E-state index contributed by atoms with van der Waals surface area (Å²) in [6, 6.07) is 17.0. The van der Waals surface area contributed by atoms with E-state index in [9.17, 15) is 9.59 Å². The van der Waals surface area contributed by atoms with Crippen LogP contribution in [0.3, 0.4) is 0 Å². The molecule has 0 spiro atoms. The topological polar surface area (TPSA) is 53.2 Å². The summed E-state index contributed by atoms with van der Waals surface area (Å²) in [6.07, 6.45) is 0. The van der Waals surface area contributed by atoms with Gasteiger partial charge >= 0.3 is 0 Å². The molecule has 2 aromatic carbocycles. The number of para-hydroxylation sites is 1. The van der Waals surface area contributed by atoms with Gasteiger partial charge in [0.15, 0.2) is 0 Å². The Morgan fingerprint density at radius 3 is 2.35 bits per heavy atom. The summed E-state index contributed by atoms with van der Waals surface area (Å²) in [4.78, 5) is 30.3. The molecule has 0 radical (unpaired) electrons. The Bertz CT molecular complexity index is 995. The second-order valence-electron chi connectivity index (χ2n) is 7.64. The van der Waals surface area contributed by atoms with E-state index in [2.05, 4.69) is 4.98 Å². The monoisotopic (exact) mass is 348 g/mol. The number of carbonyl (C=O) groups is 1. The third kappa shape index (κ3) is 3.69. The minimum Gasteiger partial charge on any atom is -0.329 e. The molecule has 1 heterocycles. The molecule has 0 aliphatic rings. The number of H-pyrrole nitrogens is 1. The summed E-state index contributed by atoms with van der Waals surface area (Å²) >= 11 is 0. The second kappa shape index (κ2) is 6.79. The molecule has 0 fully saturated rings. The van der Waals surface area contributed by atoms with E-state index in [1.54, 1.807) is 4.90 Å². The Labute approximate surface area is 153 Å². The van der Waals surface area contributed by atoms with Gasteiger partial charge in [-0.3, -0.25) is 9.59 Å². The van der Waals surface area contributed by atoms with Crippen molar-refractivity contribution in [2.75, 3.05) is 0 Å². The minimum atomic E-state index is -0.417. The van der Waals surface area contributed by atoms with Gasteiger partial charge in [0.05, 0.1) is 6.54 Å². The number of fused-ring (bicyclic) bond motifs is 1. The summed E-state index contributed by atoms with van der Waals surface area (Å²) in [6.45, 7) is 8.19. The second-order valence-corrected chi connectivity index (χ2v) is 7.64. The number of aryl methyl sites for hydroxylation is 1. The summed E-state index contributed by atoms with van der Waals surface area (Å²) in [7, 11) is 0. The van der Waals surface area contributed by atoms with Gasteiger partial charge < -0.3 is 9.88 Å². The van der Waals surface area contributed by atoms with Crippen molar-refractivity contribution < 1.29 is 4.79 Å². The average molecular weight is 348 g/mol. The molecule has 3 aromatic rings. The van der Waals surface area contributed by atoms with Crippen LogP contribution in [0.1, 0.15) is 42.3 Å². The number of rotatable bonds is 3. The number of hydrogen-bond donors (Lipinski definition) is 1. The maximum absolute atomic E-state index is 13.1. The zero-order chi connectivity index (χ0) is 18.9. The number of benzene rings is 2. The lowest BCUT2D eigenvalue weighted by Crippen LogP contribution is -2.46. The molecule has 4 nitrogen and oxygen atoms in total. The van der Waals surface area contributed by atoms with Gasteiger partial charge in [0.2, 0.25) is 0 Å². The molecular formula is C22H24N2O2. The number of aromatic amines is 1. The molecule has 0 saturated carbocycles. The number of hydrogen-bond acceptors (Lipinski definition) is 2. The van der Waals surface area contributed by atoms with Crippen LogP contribution >= 0.6 is 0 Å². The lowest BCUT2D eigenvalue weighted by molar-refractivity contribution is 0.0558. The molecule has 0 bridgehead atoms. The van der Waals surface area contributed by atoms with E-state index < -0.39 is 5.54 Å². The molecule has 3 rings (SSSR count). The summed E-state index contributed by atoms with van der Waals surface area (Å²) in [5, 5.41) is 0.957. The summed E-state index contributed by atoms with van der Waals surface area (Å²) in [5.74, 6) is -0.0786. The van der Waals surface area contributed by atoms with Crippen LogP contribution in [0.2, 0.25) is 0 Å². The van der Waals surface area contributed by atoms with E-state index in [0.717, 1.165) is 16.5 Å². The van der Waals surface area contributed by atoms with Crippen molar-refractivity contribution in [2.45, 2.75) is 39.8 Å². The van der Waals surface area contributed by atoms with Gasteiger partial charge in [0, 0.05) is 22.2 Å². The molecule has 1 N–H and O–H groups in total. The first-order chi connectivity index (χ1) is 12.3. The van der Waals surface area contributed by atoms with Gasteiger partial charge in [-0.2, -0.15) is 0 Å². The van der Waals surface area contributed by atoms with Crippen LogP contribution < -0.4 is 5.56 Å². The predicted molar refractivity (Wildman–Crippen MR) is 105 cm³/mol. The lowest BCUT2D eigenvalue weighted by Gasteiger charge is -2.35. The SMILES string of the molecule is Cc1ccc(C(=O)N(Cc2cc3ccccc3[nH]c2=O)C(C)(C)C)cc1. The molecule has 26 heavy (non-hydrogen) atoms. The van der Waals surface area contributed by atoms with Crippen molar-refractivity contribution in [1.82, 2.24) is 9.88 Å². The molecule has 0 unspecified atom stereocenters. The number of nitrogens with one attached hydrogen (secondary N) is 1. The molecule has 4 heteroatoms. The Morgan fingerprint density at radius 2 is 1.69 bits per heavy atom. The van der Waals surface area contributed by atoms with Gasteiger partial charge in [0.1, 0.15) is 0 Å². The van der Waals surface area contributed by atoms with Crippen LogP contribution in [0.4, 0.5) is 0 Å². The Balaban J connectivity index is 1.99. The highest BCUT2D eigenvalue weighted by atomic mass is 16.2. The maximum Gasteiger partial charge on any atom is 0.254 e. The molecular weight excluding hydrogens is 324 g/mol. The van der Waals surface area contributed by atoms with E-state index in [4.69, 9.17) is 0 Å². The Morgan fingerprint density at radius 1 is 1.04 bits per heavy atom. The fourth-order valence-electron chi connectivity index (χ4n) is 2.95. The lowest BCUT2D eigenvalue weighted by atomic mass is 10.0. The summed E-state index contributed by atoms with van der Waals surface area (Å²) in [5.41, 5.74) is 2.54. The summed E-state index contributed by atoms with van der Waals surface area (Å²) < 4.78 is 0. The third-order valence-electron chi connectivity index (χ3n) is 4.51. The van der Waals surface area contributed by atoms with Crippen molar-refractivity contribution >= 4 is 16.8 Å². The van der Waals surface area contributed by atoms with Crippen LogP contribution in [0, 0.1) is 6.92 Å². The van der Waals surface area contributed by atoms with Crippen LogP contribution in [-0.4, -0.2) is 21.3 Å². The first-order valence-corrected chi connectivity index (χ1v) is 8.75. The van der Waals surface area contributed by atoms with Gasteiger partial charge in [-0.1, -0.05) is 35.9 Å². The van der Waals surface area contributed by atoms with Crippen LogP contribution in [0.25, 0.3) is 10.9 Å². The number of pyridine rings is 1. The third-order valence-corrected chi connectivity index (χ3v) is 4.51. The molecule has 0 saturated heterocycles. The van der Waals surface area contributed by atoms with Crippen molar-refractivity contribution in [2.24, 2.45) is 0 Å². The number of aromatic nitrogens is 1. The maximum atomic E-state index is 13.1. The van der Waals surface area contributed by atoms with E-state index in [0.29, 0.717) is 11.1 Å². The quantitative estimate of drug-likeness (QED) is 0.768. The highest BCUT2D eigenvalue weighted by Crippen LogP contribution is 2.21. The largest absolute Gasteiger partial charge is 0.329 e. The Kier molecular flexibility index (Phi) is 4.68. The fourth-order valence-corrected chi connectivity index (χ4v) is 2.95. The van der Waals surface area contributed by atoms with Crippen molar-refractivity contribution in [3.63, 3.8) is 0 Å². The minimum absolute atomic E-state index is 0.0786. The smallest absolute Gasteiger partial charge is 0.254 e. The molecule has 0 atom stereocenters. The molecule has 0 aliphatic carbocycles. The first-order valence-electron chi connectivity index (χ1n) is 8.75. The highest BCUT2D eigenvalue weighted by molar-refractivity contribution is 5.94. The predicted octanol–water partition coefficient (Wildman–Crippen LogP) is 4.28. The molecule has 134 valence electrons. The molecule has 1 aromatic heterocycles. The van der Waals surface area contributed by atoms with E-state index in [1.165, 1.54) is 0 Å². The van der Waals surface area contributed by atoms with Gasteiger partial charge in [-0.25, -0.2) is 0 Å². The van der Waals surface area contributed by atoms with Gasteiger partial charge in [0.25, 0.3) is 11.5 Å². The standard InChI is InChI=1S/C22H24N2O2/c1-15-9-11-16(12-10-15)21(26)24(22(2,3)4)14-18-13-17-7-5-6-8-19(17)23-20(18)25/h5-13H,14H2,1-4H3,(H,23,25). The van der Waals surface area contributed by atoms with E-state index in [1.807, 2.05) is 82.3 Å². The average Bonchev–Trinajstić information content (AvgIpc) is 2.59. The van der Waals surface area contributed by atoms with Gasteiger partial charge in [-0.05, 0) is 57.3 Å². The first kappa shape index (κ1) is 17.9. The van der Waals surface area contributed by atoms with E-state index in [-0.39, 0.29) is 18.0 Å². The fraction of sp³-hybridized carbons (Fsp3) is 0.273. The van der Waals surface area contributed by atoms with Crippen LogP contribution in [0.5, 0.6) is 0 Å². The van der Waals surface area contributed by atoms with Crippen LogP contribution in [0.15, 0.2) is 59.4 Å². The van der Waals surface area contributed by atoms with Crippen molar-refractivity contribution in [3.05, 3.63) is 81.6 Å². The van der Waals surface area contributed by atoms with Gasteiger partial charge in [-0.15, -0.1) is 0 Å². The number of carbonyl (C=O) groups excluding carboxylic acids is 1.